The zero-order valence-corrected chi connectivity index (χ0v) is 10.4. The van der Waals surface area contributed by atoms with E-state index in [0.29, 0.717) is 12.0 Å². The molecule has 0 spiro atoms. The number of rotatable bonds is 10. The van der Waals surface area contributed by atoms with Crippen LogP contribution in [0.1, 0.15) is 58.3 Å². The third-order valence-electron chi connectivity index (χ3n) is 2.86. The first-order chi connectivity index (χ1) is 7.76. The number of aliphatic hydroxyl groups excluding tert-OH is 3. The summed E-state index contributed by atoms with van der Waals surface area (Å²) in [6.07, 6.45) is 9.17. The van der Waals surface area contributed by atoms with E-state index in [-0.39, 0.29) is 6.61 Å². The lowest BCUT2D eigenvalue weighted by atomic mass is 10.0. The van der Waals surface area contributed by atoms with Gasteiger partial charge in [-0.3, -0.25) is 0 Å². The van der Waals surface area contributed by atoms with Crippen molar-refractivity contribution in [2.45, 2.75) is 64.4 Å². The van der Waals surface area contributed by atoms with E-state index in [0.717, 1.165) is 19.1 Å². The Kier molecular flexibility index (Phi) is 10.6. The van der Waals surface area contributed by atoms with E-state index in [1.54, 1.807) is 0 Å². The SMILES string of the molecule is CCCCCCCCCC(O)/C(=C\O)CO. The van der Waals surface area contributed by atoms with Gasteiger partial charge in [0.05, 0.1) is 19.0 Å². The maximum absolute atomic E-state index is 9.56. The van der Waals surface area contributed by atoms with Gasteiger partial charge in [0, 0.05) is 5.57 Å². The van der Waals surface area contributed by atoms with Crippen LogP contribution in [-0.4, -0.2) is 28.0 Å². The van der Waals surface area contributed by atoms with Gasteiger partial charge in [-0.2, -0.15) is 0 Å². The van der Waals surface area contributed by atoms with Gasteiger partial charge in [0.2, 0.25) is 0 Å². The average molecular weight is 230 g/mol. The predicted octanol–water partition coefficient (Wildman–Crippen LogP) is 2.92. The third kappa shape index (κ3) is 7.71. The van der Waals surface area contributed by atoms with Crippen LogP contribution in [0.4, 0.5) is 0 Å². The summed E-state index contributed by atoms with van der Waals surface area (Å²) in [5.74, 6) is 0. The Morgan fingerprint density at radius 3 is 2.12 bits per heavy atom. The van der Waals surface area contributed by atoms with Crippen LogP contribution in [-0.2, 0) is 0 Å². The monoisotopic (exact) mass is 230 g/mol. The molecule has 0 amide bonds. The summed E-state index contributed by atoms with van der Waals surface area (Å²) >= 11 is 0. The zero-order chi connectivity index (χ0) is 12.2. The molecule has 0 bridgehead atoms. The van der Waals surface area contributed by atoms with E-state index in [2.05, 4.69) is 6.92 Å². The summed E-state index contributed by atoms with van der Waals surface area (Å²) in [6, 6.07) is 0. The molecule has 1 atom stereocenters. The van der Waals surface area contributed by atoms with Gasteiger partial charge in [-0.15, -0.1) is 0 Å². The summed E-state index contributed by atoms with van der Waals surface area (Å²) in [7, 11) is 0. The molecule has 0 rings (SSSR count). The van der Waals surface area contributed by atoms with Gasteiger partial charge in [0.15, 0.2) is 0 Å². The van der Waals surface area contributed by atoms with E-state index in [1.165, 1.54) is 32.1 Å². The molecular formula is C13H26O3. The van der Waals surface area contributed by atoms with Gasteiger partial charge in [-0.05, 0) is 6.42 Å². The molecular weight excluding hydrogens is 204 g/mol. The maximum atomic E-state index is 9.56. The standard InChI is InChI=1S/C13H26O3/c1-2-3-4-5-6-7-8-9-13(16)12(10-14)11-15/h10,13-16H,2-9,11H2,1H3/b12-10-. The Bertz CT molecular complexity index is 178. The number of hydrogen-bond donors (Lipinski definition) is 3. The van der Waals surface area contributed by atoms with Crippen molar-refractivity contribution in [3.05, 3.63) is 11.8 Å². The van der Waals surface area contributed by atoms with Crippen molar-refractivity contribution >= 4 is 0 Å². The number of aliphatic hydroxyl groups is 3. The van der Waals surface area contributed by atoms with Crippen molar-refractivity contribution in [2.75, 3.05) is 6.61 Å². The molecule has 0 radical (unpaired) electrons. The highest BCUT2D eigenvalue weighted by molar-refractivity contribution is 5.03. The van der Waals surface area contributed by atoms with E-state index < -0.39 is 6.10 Å². The Morgan fingerprint density at radius 1 is 1.06 bits per heavy atom. The molecule has 0 heterocycles. The quantitative estimate of drug-likeness (QED) is 0.399. The largest absolute Gasteiger partial charge is 0.515 e. The molecule has 0 aromatic rings. The maximum Gasteiger partial charge on any atom is 0.0832 e. The van der Waals surface area contributed by atoms with Crippen molar-refractivity contribution in [1.82, 2.24) is 0 Å². The highest BCUT2D eigenvalue weighted by atomic mass is 16.3. The predicted molar refractivity (Wildman–Crippen MR) is 66.4 cm³/mol. The van der Waals surface area contributed by atoms with Crippen LogP contribution in [0.25, 0.3) is 0 Å². The molecule has 3 N–H and O–H groups in total. The Morgan fingerprint density at radius 2 is 1.62 bits per heavy atom. The Balaban J connectivity index is 3.37. The smallest absolute Gasteiger partial charge is 0.0832 e. The van der Waals surface area contributed by atoms with E-state index in [9.17, 15) is 5.11 Å². The minimum absolute atomic E-state index is 0.270. The van der Waals surface area contributed by atoms with E-state index >= 15 is 0 Å². The summed E-state index contributed by atoms with van der Waals surface area (Å²) < 4.78 is 0. The number of hydrogen-bond acceptors (Lipinski definition) is 3. The van der Waals surface area contributed by atoms with Gasteiger partial charge in [-0.1, -0.05) is 51.9 Å². The lowest BCUT2D eigenvalue weighted by Gasteiger charge is -2.11. The van der Waals surface area contributed by atoms with Gasteiger partial charge in [0.1, 0.15) is 0 Å². The highest BCUT2D eigenvalue weighted by Gasteiger charge is 2.09. The van der Waals surface area contributed by atoms with E-state index in [1.807, 2.05) is 0 Å². The molecule has 0 aromatic carbocycles. The average Bonchev–Trinajstić information content (AvgIpc) is 2.29. The Labute approximate surface area is 98.8 Å². The van der Waals surface area contributed by atoms with Gasteiger partial charge >= 0.3 is 0 Å². The molecule has 1 unspecified atom stereocenters. The van der Waals surface area contributed by atoms with Crippen molar-refractivity contribution in [3.63, 3.8) is 0 Å². The molecule has 3 nitrogen and oxygen atoms in total. The van der Waals surface area contributed by atoms with Crippen LogP contribution in [0.5, 0.6) is 0 Å². The zero-order valence-electron chi connectivity index (χ0n) is 10.4. The lowest BCUT2D eigenvalue weighted by Crippen LogP contribution is -2.13. The van der Waals surface area contributed by atoms with Crippen LogP contribution in [0.3, 0.4) is 0 Å². The van der Waals surface area contributed by atoms with Gasteiger partial charge in [0.25, 0.3) is 0 Å². The molecule has 16 heavy (non-hydrogen) atoms. The second-order valence-electron chi connectivity index (χ2n) is 4.29. The van der Waals surface area contributed by atoms with Gasteiger partial charge in [-0.25, -0.2) is 0 Å². The second-order valence-corrected chi connectivity index (χ2v) is 4.29. The first kappa shape index (κ1) is 15.5. The number of unbranched alkanes of at least 4 members (excludes halogenated alkanes) is 6. The molecule has 0 aliphatic heterocycles. The first-order valence-corrected chi connectivity index (χ1v) is 6.38. The summed E-state index contributed by atoms with van der Waals surface area (Å²) in [6.45, 7) is 1.93. The van der Waals surface area contributed by atoms with Crippen molar-refractivity contribution in [1.29, 1.82) is 0 Å². The minimum Gasteiger partial charge on any atom is -0.515 e. The lowest BCUT2D eigenvalue weighted by molar-refractivity contribution is 0.170. The minimum atomic E-state index is -0.689. The topological polar surface area (TPSA) is 60.7 Å². The molecule has 96 valence electrons. The van der Waals surface area contributed by atoms with E-state index in [4.69, 9.17) is 10.2 Å². The van der Waals surface area contributed by atoms with Crippen molar-refractivity contribution in [2.24, 2.45) is 0 Å². The fourth-order valence-electron chi connectivity index (χ4n) is 1.71. The van der Waals surface area contributed by atoms with Gasteiger partial charge < -0.3 is 15.3 Å². The van der Waals surface area contributed by atoms with Crippen LogP contribution in [0.2, 0.25) is 0 Å². The second kappa shape index (κ2) is 11.0. The van der Waals surface area contributed by atoms with Crippen LogP contribution >= 0.6 is 0 Å². The van der Waals surface area contributed by atoms with Crippen LogP contribution in [0.15, 0.2) is 11.8 Å². The van der Waals surface area contributed by atoms with Crippen molar-refractivity contribution < 1.29 is 15.3 Å². The molecule has 0 saturated heterocycles. The third-order valence-corrected chi connectivity index (χ3v) is 2.86. The van der Waals surface area contributed by atoms with Crippen molar-refractivity contribution in [3.8, 4) is 0 Å². The highest BCUT2D eigenvalue weighted by Crippen LogP contribution is 2.13. The fourth-order valence-corrected chi connectivity index (χ4v) is 1.71. The fraction of sp³-hybridized carbons (Fsp3) is 0.846. The summed E-state index contributed by atoms with van der Waals surface area (Å²) in [4.78, 5) is 0. The summed E-state index contributed by atoms with van der Waals surface area (Å²) in [5, 5.41) is 27.1. The normalized spacial score (nSPS) is 14.1. The first-order valence-electron chi connectivity index (χ1n) is 6.38. The molecule has 0 aromatic heterocycles. The molecule has 0 fully saturated rings. The summed E-state index contributed by atoms with van der Waals surface area (Å²) in [5.41, 5.74) is 0.311. The molecule has 0 aliphatic carbocycles. The van der Waals surface area contributed by atoms with Crippen LogP contribution < -0.4 is 0 Å². The molecule has 0 saturated carbocycles. The van der Waals surface area contributed by atoms with Crippen LogP contribution in [0, 0.1) is 0 Å². The molecule has 0 aliphatic rings. The molecule has 3 heteroatoms. The Hall–Kier alpha value is -0.540.